The molecule has 0 atom stereocenters. The first kappa shape index (κ1) is 16.2. The van der Waals surface area contributed by atoms with E-state index in [0.29, 0.717) is 17.3 Å². The Hall–Kier alpha value is -2.69. The van der Waals surface area contributed by atoms with E-state index in [1.807, 2.05) is 54.6 Å². The van der Waals surface area contributed by atoms with E-state index < -0.39 is 0 Å². The van der Waals surface area contributed by atoms with E-state index in [1.165, 1.54) is 6.08 Å². The van der Waals surface area contributed by atoms with Crippen LogP contribution in [0.25, 0.3) is 17.0 Å². The number of hydroxylamine groups is 1. The van der Waals surface area contributed by atoms with Crippen molar-refractivity contribution in [3.8, 4) is 0 Å². The number of halogens is 1. The number of nitrogens with one attached hydrogen (secondary N) is 1. The number of carbonyl (C=O) groups is 1. The lowest BCUT2D eigenvalue weighted by molar-refractivity contribution is -0.129. The van der Waals surface area contributed by atoms with Crippen molar-refractivity contribution in [2.24, 2.45) is 0 Å². The standard InChI is InChI=1S/C19H15ClN2O2/c20-16-8-6-15-7-9-17(21-18(15)12-16)10-11-19(23)22-24-13-14-4-2-1-3-5-14/h1-12H,13H2,(H,22,23)/b11-10+. The maximum Gasteiger partial charge on any atom is 0.267 e. The summed E-state index contributed by atoms with van der Waals surface area (Å²) in [5.74, 6) is -0.348. The number of aromatic nitrogens is 1. The normalized spacial score (nSPS) is 11.0. The second-order valence-corrected chi connectivity index (χ2v) is 5.58. The van der Waals surface area contributed by atoms with Crippen molar-refractivity contribution in [2.75, 3.05) is 0 Å². The molecule has 0 bridgehead atoms. The highest BCUT2D eigenvalue weighted by molar-refractivity contribution is 6.31. The van der Waals surface area contributed by atoms with Crippen LogP contribution < -0.4 is 5.48 Å². The quantitative estimate of drug-likeness (QED) is 0.561. The molecule has 0 unspecified atom stereocenters. The van der Waals surface area contributed by atoms with Crippen LogP contribution in [0.2, 0.25) is 5.02 Å². The first-order chi connectivity index (χ1) is 11.7. The van der Waals surface area contributed by atoms with Gasteiger partial charge in [-0.3, -0.25) is 9.63 Å². The summed E-state index contributed by atoms with van der Waals surface area (Å²) in [6.45, 7) is 0.313. The molecule has 0 fully saturated rings. The van der Waals surface area contributed by atoms with Crippen LogP contribution in [0.1, 0.15) is 11.3 Å². The van der Waals surface area contributed by atoms with Gasteiger partial charge in [0, 0.05) is 16.5 Å². The summed E-state index contributed by atoms with van der Waals surface area (Å²) >= 11 is 5.97. The van der Waals surface area contributed by atoms with E-state index >= 15 is 0 Å². The highest BCUT2D eigenvalue weighted by Gasteiger charge is 1.99. The summed E-state index contributed by atoms with van der Waals surface area (Å²) in [6, 6.07) is 18.9. The van der Waals surface area contributed by atoms with Gasteiger partial charge in [0.25, 0.3) is 5.91 Å². The van der Waals surface area contributed by atoms with Crippen LogP contribution in [0.4, 0.5) is 0 Å². The first-order valence-corrected chi connectivity index (χ1v) is 7.78. The molecule has 3 aromatic rings. The van der Waals surface area contributed by atoms with Gasteiger partial charge in [0.15, 0.2) is 0 Å². The molecule has 1 amide bonds. The van der Waals surface area contributed by atoms with E-state index in [-0.39, 0.29) is 5.91 Å². The fraction of sp³-hybridized carbons (Fsp3) is 0.0526. The van der Waals surface area contributed by atoms with Crippen molar-refractivity contribution in [3.05, 3.63) is 83.0 Å². The summed E-state index contributed by atoms with van der Waals surface area (Å²) in [4.78, 5) is 21.4. The van der Waals surface area contributed by atoms with Gasteiger partial charge in [0.1, 0.15) is 0 Å². The molecule has 0 aliphatic rings. The predicted octanol–water partition coefficient (Wildman–Crippen LogP) is 4.15. The van der Waals surface area contributed by atoms with Crippen molar-refractivity contribution in [2.45, 2.75) is 6.61 Å². The van der Waals surface area contributed by atoms with Gasteiger partial charge in [-0.25, -0.2) is 10.5 Å². The third-order valence-corrected chi connectivity index (χ3v) is 3.57. The topological polar surface area (TPSA) is 51.2 Å². The number of hydrogen-bond donors (Lipinski definition) is 1. The average molecular weight is 339 g/mol. The van der Waals surface area contributed by atoms with Crippen LogP contribution in [0.5, 0.6) is 0 Å². The zero-order valence-electron chi connectivity index (χ0n) is 12.8. The molecule has 4 nitrogen and oxygen atoms in total. The molecule has 1 heterocycles. The van der Waals surface area contributed by atoms with Crippen LogP contribution in [-0.2, 0) is 16.2 Å². The molecule has 3 rings (SSSR count). The summed E-state index contributed by atoms with van der Waals surface area (Å²) in [5, 5.41) is 1.62. The molecule has 0 aliphatic heterocycles. The number of benzene rings is 2. The van der Waals surface area contributed by atoms with Gasteiger partial charge < -0.3 is 0 Å². The molecular weight excluding hydrogens is 324 g/mol. The van der Waals surface area contributed by atoms with E-state index in [4.69, 9.17) is 16.4 Å². The number of amides is 1. The molecule has 0 spiro atoms. The lowest BCUT2D eigenvalue weighted by Crippen LogP contribution is -2.21. The Morgan fingerprint density at radius 3 is 2.75 bits per heavy atom. The number of fused-ring (bicyclic) bond motifs is 1. The van der Waals surface area contributed by atoms with Crippen molar-refractivity contribution < 1.29 is 9.63 Å². The minimum absolute atomic E-state index is 0.313. The predicted molar refractivity (Wildman–Crippen MR) is 95.2 cm³/mol. The molecule has 2 aromatic carbocycles. The lowest BCUT2D eigenvalue weighted by Gasteiger charge is -2.03. The van der Waals surface area contributed by atoms with Crippen LogP contribution in [0.15, 0.2) is 66.7 Å². The van der Waals surface area contributed by atoms with Crippen molar-refractivity contribution in [1.29, 1.82) is 0 Å². The zero-order chi connectivity index (χ0) is 16.8. The molecular formula is C19H15ClN2O2. The van der Waals surface area contributed by atoms with Crippen LogP contribution in [0, 0.1) is 0 Å². The summed E-state index contributed by atoms with van der Waals surface area (Å²) in [5.41, 5.74) is 4.81. The SMILES string of the molecule is O=C(/C=C/c1ccc2ccc(Cl)cc2n1)NOCc1ccccc1. The second-order valence-electron chi connectivity index (χ2n) is 5.15. The van der Waals surface area contributed by atoms with E-state index in [1.54, 1.807) is 12.1 Å². The van der Waals surface area contributed by atoms with Gasteiger partial charge in [-0.1, -0.05) is 54.1 Å². The minimum atomic E-state index is -0.348. The third kappa shape index (κ3) is 4.41. The molecule has 24 heavy (non-hydrogen) atoms. The molecule has 1 N–H and O–H groups in total. The van der Waals surface area contributed by atoms with Crippen LogP contribution in [-0.4, -0.2) is 10.9 Å². The monoisotopic (exact) mass is 338 g/mol. The Kier molecular flexibility index (Phi) is 5.21. The number of nitrogens with zero attached hydrogens (tertiary/aromatic N) is 1. The minimum Gasteiger partial charge on any atom is -0.269 e. The number of rotatable bonds is 5. The van der Waals surface area contributed by atoms with Gasteiger partial charge in [0.05, 0.1) is 17.8 Å². The van der Waals surface area contributed by atoms with Gasteiger partial charge >= 0.3 is 0 Å². The summed E-state index contributed by atoms with van der Waals surface area (Å²) in [7, 11) is 0. The molecule has 0 radical (unpaired) electrons. The molecule has 0 aliphatic carbocycles. The number of pyridine rings is 1. The highest BCUT2D eigenvalue weighted by atomic mass is 35.5. The maximum atomic E-state index is 11.8. The fourth-order valence-electron chi connectivity index (χ4n) is 2.16. The lowest BCUT2D eigenvalue weighted by atomic mass is 10.2. The highest BCUT2D eigenvalue weighted by Crippen LogP contribution is 2.18. The van der Waals surface area contributed by atoms with Gasteiger partial charge in [0.2, 0.25) is 0 Å². The van der Waals surface area contributed by atoms with Gasteiger partial charge in [-0.2, -0.15) is 0 Å². The maximum absolute atomic E-state index is 11.8. The van der Waals surface area contributed by atoms with E-state index in [0.717, 1.165) is 16.5 Å². The van der Waals surface area contributed by atoms with E-state index in [9.17, 15) is 4.79 Å². The molecule has 5 heteroatoms. The summed E-state index contributed by atoms with van der Waals surface area (Å²) < 4.78 is 0. The van der Waals surface area contributed by atoms with Crippen molar-refractivity contribution >= 4 is 34.5 Å². The molecule has 120 valence electrons. The smallest absolute Gasteiger partial charge is 0.267 e. The Morgan fingerprint density at radius 1 is 1.12 bits per heavy atom. The number of carbonyl (C=O) groups excluding carboxylic acids is 1. The second kappa shape index (κ2) is 7.73. The largest absolute Gasteiger partial charge is 0.269 e. The Labute approximate surface area is 144 Å². The van der Waals surface area contributed by atoms with Crippen molar-refractivity contribution in [1.82, 2.24) is 10.5 Å². The molecule has 0 saturated heterocycles. The molecule has 1 aromatic heterocycles. The zero-order valence-corrected chi connectivity index (χ0v) is 13.5. The Bertz CT molecular complexity index is 879. The Morgan fingerprint density at radius 2 is 1.92 bits per heavy atom. The van der Waals surface area contributed by atoms with Gasteiger partial charge in [-0.05, 0) is 29.8 Å². The van der Waals surface area contributed by atoms with Gasteiger partial charge in [-0.15, -0.1) is 0 Å². The fourth-order valence-corrected chi connectivity index (χ4v) is 2.33. The summed E-state index contributed by atoms with van der Waals surface area (Å²) in [6.07, 6.45) is 3.01. The van der Waals surface area contributed by atoms with Crippen LogP contribution in [0.3, 0.4) is 0 Å². The third-order valence-electron chi connectivity index (χ3n) is 3.34. The van der Waals surface area contributed by atoms with Crippen LogP contribution >= 0.6 is 11.6 Å². The van der Waals surface area contributed by atoms with Crippen molar-refractivity contribution in [3.63, 3.8) is 0 Å². The first-order valence-electron chi connectivity index (χ1n) is 7.41. The Balaban J connectivity index is 1.57. The molecule has 0 saturated carbocycles. The van der Waals surface area contributed by atoms with E-state index in [2.05, 4.69) is 10.5 Å². The average Bonchev–Trinajstić information content (AvgIpc) is 2.60. The number of hydrogen-bond acceptors (Lipinski definition) is 3.